The summed E-state index contributed by atoms with van der Waals surface area (Å²) in [5.74, 6) is -0.945. The molecule has 1 aliphatic heterocycles. The van der Waals surface area contributed by atoms with Crippen LogP contribution in [0.1, 0.15) is 11.1 Å². The number of fused-ring (bicyclic) bond motifs is 1. The molecule has 0 saturated heterocycles. The third-order valence-electron chi connectivity index (χ3n) is 3.36. The minimum Gasteiger partial charge on any atom is -0.376 e. The fourth-order valence-corrected chi connectivity index (χ4v) is 2.36. The van der Waals surface area contributed by atoms with E-state index in [0.717, 1.165) is 21.4 Å². The number of H-pyrrole nitrogens is 1. The van der Waals surface area contributed by atoms with Gasteiger partial charge in [0.05, 0.1) is 5.57 Å². The lowest BCUT2D eigenvalue weighted by atomic mass is 10.0. The number of para-hydroxylation sites is 1. The Morgan fingerprint density at radius 2 is 2.11 bits per heavy atom. The van der Waals surface area contributed by atoms with Gasteiger partial charge in [-0.2, -0.15) is 0 Å². The minimum absolute atomic E-state index is 0.316. The number of hydrogen-bond donors (Lipinski definition) is 2. The molecule has 2 N–H and O–H groups in total. The predicted octanol–water partition coefficient (Wildman–Crippen LogP) is 1.18. The SMILES string of the molecule is Cc1cccc2c(C3=CC(=O)N(CO)C3=O)c[nH]c12. The number of nitrogens with one attached hydrogen (secondary N) is 1. The minimum atomic E-state index is -0.598. The van der Waals surface area contributed by atoms with E-state index >= 15 is 0 Å². The van der Waals surface area contributed by atoms with E-state index in [1.807, 2.05) is 25.1 Å². The van der Waals surface area contributed by atoms with Gasteiger partial charge in [0.25, 0.3) is 11.8 Å². The van der Waals surface area contributed by atoms with Crippen molar-refractivity contribution in [3.05, 3.63) is 41.6 Å². The number of aromatic nitrogens is 1. The van der Waals surface area contributed by atoms with Gasteiger partial charge in [-0.25, -0.2) is 0 Å². The number of nitrogens with zero attached hydrogens (tertiary/aromatic N) is 1. The summed E-state index contributed by atoms with van der Waals surface area (Å²) in [6.45, 7) is 1.37. The van der Waals surface area contributed by atoms with E-state index in [1.54, 1.807) is 6.20 Å². The van der Waals surface area contributed by atoms with Crippen molar-refractivity contribution in [1.29, 1.82) is 0 Å². The van der Waals surface area contributed by atoms with Gasteiger partial charge in [0, 0.05) is 28.7 Å². The highest BCUT2D eigenvalue weighted by atomic mass is 16.3. The van der Waals surface area contributed by atoms with E-state index in [1.165, 1.54) is 6.08 Å². The van der Waals surface area contributed by atoms with Gasteiger partial charge in [-0.3, -0.25) is 14.5 Å². The highest BCUT2D eigenvalue weighted by Gasteiger charge is 2.32. The maximum Gasteiger partial charge on any atom is 0.263 e. The first kappa shape index (κ1) is 11.7. The summed E-state index contributed by atoms with van der Waals surface area (Å²) in [6.07, 6.45) is 2.99. The quantitative estimate of drug-likeness (QED) is 0.792. The molecule has 0 unspecified atom stereocenters. The summed E-state index contributed by atoms with van der Waals surface area (Å²) in [6, 6.07) is 5.77. The molecule has 1 aliphatic rings. The van der Waals surface area contributed by atoms with E-state index in [4.69, 9.17) is 5.11 Å². The summed E-state index contributed by atoms with van der Waals surface area (Å²) in [4.78, 5) is 27.5. The first-order valence-electron chi connectivity index (χ1n) is 5.89. The second kappa shape index (κ2) is 4.07. The predicted molar refractivity (Wildman–Crippen MR) is 70.0 cm³/mol. The Kier molecular flexibility index (Phi) is 2.50. The molecular weight excluding hydrogens is 244 g/mol. The summed E-state index contributed by atoms with van der Waals surface area (Å²) in [5.41, 5.74) is 3.02. The lowest BCUT2D eigenvalue weighted by molar-refractivity contribution is -0.140. The Morgan fingerprint density at radius 3 is 2.79 bits per heavy atom. The van der Waals surface area contributed by atoms with E-state index < -0.39 is 18.5 Å². The van der Waals surface area contributed by atoms with Crippen LogP contribution in [-0.2, 0) is 9.59 Å². The lowest BCUT2D eigenvalue weighted by Crippen LogP contribution is -2.31. The number of aliphatic hydroxyl groups excluding tert-OH is 1. The van der Waals surface area contributed by atoms with Gasteiger partial charge in [0.2, 0.25) is 0 Å². The monoisotopic (exact) mass is 256 g/mol. The molecule has 1 aromatic carbocycles. The molecule has 0 spiro atoms. The van der Waals surface area contributed by atoms with Crippen molar-refractivity contribution in [3.63, 3.8) is 0 Å². The van der Waals surface area contributed by atoms with Crippen LogP contribution in [0.2, 0.25) is 0 Å². The summed E-state index contributed by atoms with van der Waals surface area (Å²) in [7, 11) is 0. The molecule has 0 saturated carbocycles. The number of amides is 2. The molecule has 0 atom stereocenters. The van der Waals surface area contributed by atoms with Crippen LogP contribution in [0.3, 0.4) is 0 Å². The van der Waals surface area contributed by atoms with Gasteiger partial charge in [-0.15, -0.1) is 0 Å². The molecule has 1 aromatic heterocycles. The Labute approximate surface area is 109 Å². The van der Waals surface area contributed by atoms with E-state index in [-0.39, 0.29) is 0 Å². The number of carbonyl (C=O) groups excluding carboxylic acids is 2. The zero-order valence-electron chi connectivity index (χ0n) is 10.3. The van der Waals surface area contributed by atoms with Crippen LogP contribution in [0, 0.1) is 6.92 Å². The number of carbonyl (C=O) groups is 2. The average Bonchev–Trinajstić information content (AvgIpc) is 2.92. The first-order valence-corrected chi connectivity index (χ1v) is 5.89. The van der Waals surface area contributed by atoms with Gasteiger partial charge in [-0.1, -0.05) is 18.2 Å². The second-order valence-electron chi connectivity index (χ2n) is 4.47. The number of benzene rings is 1. The fraction of sp³-hybridized carbons (Fsp3) is 0.143. The summed E-state index contributed by atoms with van der Waals surface area (Å²) >= 11 is 0. The van der Waals surface area contributed by atoms with E-state index in [9.17, 15) is 9.59 Å². The smallest absolute Gasteiger partial charge is 0.263 e. The van der Waals surface area contributed by atoms with Crippen LogP contribution in [0.25, 0.3) is 16.5 Å². The van der Waals surface area contributed by atoms with Crippen molar-refractivity contribution in [2.75, 3.05) is 6.73 Å². The third-order valence-corrected chi connectivity index (χ3v) is 3.36. The van der Waals surface area contributed by atoms with Gasteiger partial charge in [0.15, 0.2) is 0 Å². The van der Waals surface area contributed by atoms with Crippen molar-refractivity contribution in [1.82, 2.24) is 9.88 Å². The van der Waals surface area contributed by atoms with Crippen molar-refractivity contribution in [3.8, 4) is 0 Å². The molecule has 2 amide bonds. The molecule has 0 aliphatic carbocycles. The molecule has 3 rings (SSSR count). The molecule has 2 aromatic rings. The Balaban J connectivity index is 2.17. The molecule has 5 heteroatoms. The van der Waals surface area contributed by atoms with E-state index in [0.29, 0.717) is 11.1 Å². The van der Waals surface area contributed by atoms with Crippen LogP contribution in [0.15, 0.2) is 30.5 Å². The second-order valence-corrected chi connectivity index (χ2v) is 4.47. The van der Waals surface area contributed by atoms with Gasteiger partial charge in [0.1, 0.15) is 6.73 Å². The van der Waals surface area contributed by atoms with Gasteiger partial charge in [-0.05, 0) is 12.5 Å². The van der Waals surface area contributed by atoms with Crippen LogP contribution >= 0.6 is 0 Å². The number of hydrogen-bond acceptors (Lipinski definition) is 3. The maximum atomic E-state index is 12.0. The van der Waals surface area contributed by atoms with Crippen molar-refractivity contribution in [2.45, 2.75) is 6.92 Å². The van der Waals surface area contributed by atoms with Gasteiger partial charge < -0.3 is 10.1 Å². The number of rotatable bonds is 2. The highest BCUT2D eigenvalue weighted by Crippen LogP contribution is 2.30. The fourth-order valence-electron chi connectivity index (χ4n) is 2.36. The molecule has 5 nitrogen and oxygen atoms in total. The van der Waals surface area contributed by atoms with Crippen LogP contribution in [0.4, 0.5) is 0 Å². The molecule has 19 heavy (non-hydrogen) atoms. The number of aryl methyl sites for hydroxylation is 1. The van der Waals surface area contributed by atoms with Crippen molar-refractivity contribution >= 4 is 28.3 Å². The summed E-state index contributed by atoms with van der Waals surface area (Å²) < 4.78 is 0. The zero-order chi connectivity index (χ0) is 13.6. The zero-order valence-corrected chi connectivity index (χ0v) is 10.3. The van der Waals surface area contributed by atoms with Crippen molar-refractivity contribution in [2.24, 2.45) is 0 Å². The molecule has 0 radical (unpaired) electrons. The molecule has 0 bridgehead atoms. The van der Waals surface area contributed by atoms with Gasteiger partial charge >= 0.3 is 0 Å². The van der Waals surface area contributed by atoms with E-state index in [2.05, 4.69) is 4.98 Å². The molecular formula is C14H12N2O3. The number of aromatic amines is 1. The Bertz CT molecular complexity index is 727. The third kappa shape index (κ3) is 1.59. The van der Waals surface area contributed by atoms with Crippen LogP contribution < -0.4 is 0 Å². The Morgan fingerprint density at radius 1 is 1.32 bits per heavy atom. The Hall–Kier alpha value is -2.40. The molecule has 96 valence electrons. The summed E-state index contributed by atoms with van der Waals surface area (Å²) in [5, 5.41) is 9.92. The maximum absolute atomic E-state index is 12.0. The molecule has 0 fully saturated rings. The standard InChI is InChI=1S/C14H12N2O3/c1-8-3-2-4-9-11(6-15-13(8)9)10-5-12(18)16(7-17)14(10)19/h2-6,15,17H,7H2,1H3. The van der Waals surface area contributed by atoms with Crippen LogP contribution in [-0.4, -0.2) is 33.5 Å². The largest absolute Gasteiger partial charge is 0.376 e. The van der Waals surface area contributed by atoms with Crippen LogP contribution in [0.5, 0.6) is 0 Å². The normalized spacial score (nSPS) is 15.5. The molecule has 2 heterocycles. The topological polar surface area (TPSA) is 73.4 Å². The van der Waals surface area contributed by atoms with Crippen molar-refractivity contribution < 1.29 is 14.7 Å². The number of imide groups is 1. The number of aliphatic hydroxyl groups is 1. The first-order chi connectivity index (χ1) is 9.13. The lowest BCUT2D eigenvalue weighted by Gasteiger charge is -2.09. The average molecular weight is 256 g/mol. The highest BCUT2D eigenvalue weighted by molar-refractivity contribution is 6.35.